The van der Waals surface area contributed by atoms with Crippen LogP contribution in [0.4, 0.5) is 5.13 Å². The highest BCUT2D eigenvalue weighted by Gasteiger charge is 2.15. The van der Waals surface area contributed by atoms with Crippen molar-refractivity contribution in [3.63, 3.8) is 0 Å². The van der Waals surface area contributed by atoms with Gasteiger partial charge in [-0.15, -0.1) is 28.1 Å². The van der Waals surface area contributed by atoms with Crippen LogP contribution in [-0.2, 0) is 17.9 Å². The van der Waals surface area contributed by atoms with Gasteiger partial charge < -0.3 is 10.1 Å². The molecule has 0 saturated carbocycles. The highest BCUT2D eigenvalue weighted by atomic mass is 32.2. The molecule has 2 aromatic heterocycles. The molecule has 0 unspecified atom stereocenters. The molecule has 1 amide bonds. The number of thiazole rings is 1. The molecule has 2 heterocycles. The maximum atomic E-state index is 12.2. The number of nitrogens with zero attached hydrogens (tertiary/aromatic N) is 4. The summed E-state index contributed by atoms with van der Waals surface area (Å²) in [4.78, 5) is 16.4. The second-order valence-corrected chi connectivity index (χ2v) is 8.29. The first kappa shape index (κ1) is 21.1. The van der Waals surface area contributed by atoms with E-state index in [2.05, 4.69) is 33.1 Å². The zero-order valence-electron chi connectivity index (χ0n) is 16.6. The molecule has 0 bridgehead atoms. The fraction of sp³-hybridized carbons (Fsp3) is 0.300. The summed E-state index contributed by atoms with van der Waals surface area (Å²) in [6.45, 7) is 10.5. The molecule has 0 radical (unpaired) electrons. The van der Waals surface area contributed by atoms with E-state index in [9.17, 15) is 4.79 Å². The molecule has 29 heavy (non-hydrogen) atoms. The van der Waals surface area contributed by atoms with Crippen LogP contribution in [0.1, 0.15) is 22.6 Å². The summed E-state index contributed by atoms with van der Waals surface area (Å²) in [7, 11) is 0. The summed E-state index contributed by atoms with van der Waals surface area (Å²) in [6.07, 6.45) is 1.77. The van der Waals surface area contributed by atoms with E-state index in [1.165, 1.54) is 23.1 Å². The first-order valence-electron chi connectivity index (χ1n) is 9.04. The van der Waals surface area contributed by atoms with Gasteiger partial charge in [0.1, 0.15) is 12.4 Å². The summed E-state index contributed by atoms with van der Waals surface area (Å²) < 4.78 is 7.86. The number of thioether (sulfide) groups is 1. The molecule has 0 spiro atoms. The lowest BCUT2D eigenvalue weighted by molar-refractivity contribution is -0.113. The van der Waals surface area contributed by atoms with Gasteiger partial charge in [-0.1, -0.05) is 30.0 Å². The van der Waals surface area contributed by atoms with Gasteiger partial charge in [-0.05, 0) is 38.0 Å². The Morgan fingerprint density at radius 2 is 2.17 bits per heavy atom. The standard InChI is InChI=1S/C20H23N5O2S2/c1-5-8-25-17(10-27-16-9-13(2)6-7-14(16)3)23-24-20(25)29-12-18(26)22-19-21-15(4)11-28-19/h5-7,9,11H,1,8,10,12H2,2-4H3,(H,21,22,26). The minimum absolute atomic E-state index is 0.134. The number of ether oxygens (including phenoxy) is 1. The first-order valence-corrected chi connectivity index (χ1v) is 10.9. The predicted molar refractivity (Wildman–Crippen MR) is 117 cm³/mol. The Labute approximate surface area is 178 Å². The van der Waals surface area contributed by atoms with E-state index in [1.807, 2.05) is 42.9 Å². The van der Waals surface area contributed by atoms with Gasteiger partial charge in [-0.25, -0.2) is 4.98 Å². The third-order valence-corrected chi connectivity index (χ3v) is 5.85. The van der Waals surface area contributed by atoms with Gasteiger partial charge in [0.25, 0.3) is 0 Å². The molecular formula is C20H23N5O2S2. The molecule has 3 rings (SSSR count). The van der Waals surface area contributed by atoms with Gasteiger partial charge in [0.15, 0.2) is 16.1 Å². The maximum absolute atomic E-state index is 12.2. The highest BCUT2D eigenvalue weighted by molar-refractivity contribution is 7.99. The molecule has 7 nitrogen and oxygen atoms in total. The van der Waals surface area contributed by atoms with Gasteiger partial charge in [-0.2, -0.15) is 0 Å². The van der Waals surface area contributed by atoms with Crippen LogP contribution in [-0.4, -0.2) is 31.4 Å². The molecule has 0 aliphatic rings. The lowest BCUT2D eigenvalue weighted by Gasteiger charge is -2.11. The largest absolute Gasteiger partial charge is 0.485 e. The van der Waals surface area contributed by atoms with E-state index in [-0.39, 0.29) is 18.3 Å². The van der Waals surface area contributed by atoms with Crippen LogP contribution in [0.3, 0.4) is 0 Å². The lowest BCUT2D eigenvalue weighted by atomic mass is 10.1. The summed E-state index contributed by atoms with van der Waals surface area (Å²) in [5.74, 6) is 1.59. The number of aryl methyl sites for hydroxylation is 3. The zero-order chi connectivity index (χ0) is 20.8. The van der Waals surface area contributed by atoms with Crippen LogP contribution < -0.4 is 10.1 Å². The van der Waals surface area contributed by atoms with Crippen LogP contribution in [0, 0.1) is 20.8 Å². The van der Waals surface area contributed by atoms with E-state index in [0.29, 0.717) is 22.7 Å². The molecule has 0 aliphatic carbocycles. The monoisotopic (exact) mass is 429 g/mol. The Bertz CT molecular complexity index is 1010. The van der Waals surface area contributed by atoms with Crippen LogP contribution in [0.25, 0.3) is 0 Å². The molecule has 9 heteroatoms. The minimum atomic E-state index is -0.134. The fourth-order valence-electron chi connectivity index (χ4n) is 2.55. The normalized spacial score (nSPS) is 10.7. The van der Waals surface area contributed by atoms with Crippen molar-refractivity contribution in [3.05, 3.63) is 58.9 Å². The van der Waals surface area contributed by atoms with Gasteiger partial charge in [0, 0.05) is 11.9 Å². The molecule has 152 valence electrons. The number of benzene rings is 1. The van der Waals surface area contributed by atoms with Crippen LogP contribution in [0.2, 0.25) is 0 Å². The van der Waals surface area contributed by atoms with Gasteiger partial charge >= 0.3 is 0 Å². The van der Waals surface area contributed by atoms with Crippen molar-refractivity contribution in [2.75, 3.05) is 11.1 Å². The Morgan fingerprint density at radius 3 is 2.90 bits per heavy atom. The number of hydrogen-bond donors (Lipinski definition) is 1. The van der Waals surface area contributed by atoms with E-state index < -0.39 is 0 Å². The third-order valence-electron chi connectivity index (χ3n) is 4.00. The Balaban J connectivity index is 1.63. The topological polar surface area (TPSA) is 81.9 Å². The molecular weight excluding hydrogens is 406 g/mol. The van der Waals surface area contributed by atoms with Crippen molar-refractivity contribution >= 4 is 34.1 Å². The van der Waals surface area contributed by atoms with E-state index >= 15 is 0 Å². The number of carbonyl (C=O) groups is 1. The van der Waals surface area contributed by atoms with Crippen molar-refractivity contribution in [3.8, 4) is 5.75 Å². The van der Waals surface area contributed by atoms with E-state index in [1.54, 1.807) is 6.08 Å². The fourth-order valence-corrected chi connectivity index (χ4v) is 4.02. The average molecular weight is 430 g/mol. The summed E-state index contributed by atoms with van der Waals surface area (Å²) >= 11 is 2.73. The predicted octanol–water partition coefficient (Wildman–Crippen LogP) is 4.16. The second kappa shape index (κ2) is 9.71. The molecule has 3 aromatic rings. The van der Waals surface area contributed by atoms with Crippen molar-refractivity contribution < 1.29 is 9.53 Å². The quantitative estimate of drug-likeness (QED) is 0.406. The number of anilines is 1. The Hall–Kier alpha value is -2.65. The summed E-state index contributed by atoms with van der Waals surface area (Å²) in [6, 6.07) is 6.09. The van der Waals surface area contributed by atoms with Crippen LogP contribution in [0.15, 0.2) is 41.4 Å². The molecule has 0 saturated heterocycles. The SMILES string of the molecule is C=CCn1c(COc2cc(C)ccc2C)nnc1SCC(=O)Nc1nc(C)cs1. The van der Waals surface area contributed by atoms with Crippen LogP contribution >= 0.6 is 23.1 Å². The van der Waals surface area contributed by atoms with Crippen molar-refractivity contribution in [1.29, 1.82) is 0 Å². The van der Waals surface area contributed by atoms with Gasteiger partial charge in [-0.3, -0.25) is 9.36 Å². The molecule has 0 aliphatic heterocycles. The molecule has 0 atom stereocenters. The van der Waals surface area contributed by atoms with E-state index in [4.69, 9.17) is 4.74 Å². The smallest absolute Gasteiger partial charge is 0.236 e. The van der Waals surface area contributed by atoms with E-state index in [0.717, 1.165) is 22.6 Å². The van der Waals surface area contributed by atoms with Crippen LogP contribution in [0.5, 0.6) is 5.75 Å². The number of rotatable bonds is 9. The summed E-state index contributed by atoms with van der Waals surface area (Å²) in [5, 5.41) is 14.4. The number of carbonyl (C=O) groups excluding carboxylic acids is 1. The summed E-state index contributed by atoms with van der Waals surface area (Å²) in [5.41, 5.74) is 3.09. The molecule has 1 aromatic carbocycles. The third kappa shape index (κ3) is 5.68. The lowest BCUT2D eigenvalue weighted by Crippen LogP contribution is -2.15. The number of hydrogen-bond acceptors (Lipinski definition) is 7. The number of aromatic nitrogens is 4. The minimum Gasteiger partial charge on any atom is -0.485 e. The number of nitrogens with one attached hydrogen (secondary N) is 1. The maximum Gasteiger partial charge on any atom is 0.236 e. The zero-order valence-corrected chi connectivity index (χ0v) is 18.3. The van der Waals surface area contributed by atoms with Crippen molar-refractivity contribution in [1.82, 2.24) is 19.7 Å². The van der Waals surface area contributed by atoms with Crippen molar-refractivity contribution in [2.24, 2.45) is 0 Å². The van der Waals surface area contributed by atoms with Crippen molar-refractivity contribution in [2.45, 2.75) is 39.1 Å². The second-order valence-electron chi connectivity index (χ2n) is 6.49. The van der Waals surface area contributed by atoms with Gasteiger partial charge in [0.05, 0.1) is 11.4 Å². The Morgan fingerprint density at radius 1 is 1.34 bits per heavy atom. The number of amides is 1. The first-order chi connectivity index (χ1) is 14.0. The number of allylic oxidation sites excluding steroid dienone is 1. The average Bonchev–Trinajstić information content (AvgIpc) is 3.27. The highest BCUT2D eigenvalue weighted by Crippen LogP contribution is 2.22. The molecule has 0 fully saturated rings. The Kier molecular flexibility index (Phi) is 7.05. The van der Waals surface area contributed by atoms with Gasteiger partial charge in [0.2, 0.25) is 5.91 Å². The molecule has 1 N–H and O–H groups in total.